The Morgan fingerprint density at radius 1 is 1.43 bits per heavy atom. The van der Waals surface area contributed by atoms with E-state index in [1.807, 2.05) is 6.92 Å². The Balaban J connectivity index is 2.15. The zero-order chi connectivity index (χ0) is 16.4. The summed E-state index contributed by atoms with van der Waals surface area (Å²) in [5.74, 6) is 0.909. The van der Waals surface area contributed by atoms with Crippen molar-refractivity contribution in [3.63, 3.8) is 0 Å². The van der Waals surface area contributed by atoms with Gasteiger partial charge >= 0.3 is 0 Å². The van der Waals surface area contributed by atoms with Crippen LogP contribution in [0.15, 0.2) is 39.7 Å². The second kappa shape index (κ2) is 5.91. The van der Waals surface area contributed by atoms with Gasteiger partial charge in [-0.2, -0.15) is 9.78 Å². The molecule has 0 aliphatic rings. The third-order valence-corrected chi connectivity index (χ3v) is 3.13. The van der Waals surface area contributed by atoms with Crippen LogP contribution in [0.3, 0.4) is 0 Å². The van der Waals surface area contributed by atoms with Crippen LogP contribution in [-0.2, 0) is 11.2 Å². The number of aromatic amines is 1. The highest BCUT2D eigenvalue weighted by Crippen LogP contribution is 2.23. The Morgan fingerprint density at radius 2 is 2.26 bits per heavy atom. The number of hydrogen-bond acceptors (Lipinski definition) is 5. The summed E-state index contributed by atoms with van der Waals surface area (Å²) >= 11 is 0. The minimum absolute atomic E-state index is 0.232. The van der Waals surface area contributed by atoms with E-state index in [4.69, 9.17) is 4.42 Å². The molecule has 0 bridgehead atoms. The van der Waals surface area contributed by atoms with Crippen molar-refractivity contribution in [3.05, 3.63) is 46.6 Å². The molecule has 3 rings (SSSR count). The number of H-pyrrole nitrogens is 1. The molecule has 118 valence electrons. The molecule has 0 fully saturated rings. The third-order valence-electron chi connectivity index (χ3n) is 3.13. The predicted octanol–water partition coefficient (Wildman–Crippen LogP) is 1.74. The summed E-state index contributed by atoms with van der Waals surface area (Å²) in [6, 6.07) is 6.57. The van der Waals surface area contributed by atoms with E-state index in [1.54, 1.807) is 18.2 Å². The van der Waals surface area contributed by atoms with E-state index in [1.165, 1.54) is 23.9 Å². The second-order valence-corrected chi connectivity index (χ2v) is 4.90. The van der Waals surface area contributed by atoms with E-state index < -0.39 is 0 Å². The number of anilines is 1. The summed E-state index contributed by atoms with van der Waals surface area (Å²) in [4.78, 5) is 30.2. The van der Waals surface area contributed by atoms with E-state index in [9.17, 15) is 9.59 Å². The fraction of sp³-hybridized carbons (Fsp3) is 0.200. The SMILES string of the molecule is CCc1cc(=O)[nH]c(-n2nc(-c3ccco3)cc2NC(C)=O)n1. The van der Waals surface area contributed by atoms with E-state index in [2.05, 4.69) is 20.4 Å². The topological polar surface area (TPSA) is 106 Å². The molecule has 3 aromatic rings. The van der Waals surface area contributed by atoms with Crippen LogP contribution in [-0.4, -0.2) is 25.7 Å². The first kappa shape index (κ1) is 14.8. The molecule has 0 aliphatic carbocycles. The molecule has 2 N–H and O–H groups in total. The lowest BCUT2D eigenvalue weighted by atomic mass is 10.3. The molecule has 23 heavy (non-hydrogen) atoms. The van der Waals surface area contributed by atoms with E-state index in [-0.39, 0.29) is 17.4 Å². The van der Waals surface area contributed by atoms with Gasteiger partial charge in [-0.25, -0.2) is 4.98 Å². The van der Waals surface area contributed by atoms with Crippen LogP contribution in [0.5, 0.6) is 0 Å². The zero-order valence-corrected chi connectivity index (χ0v) is 12.7. The molecule has 0 atom stereocenters. The van der Waals surface area contributed by atoms with Crippen molar-refractivity contribution in [1.29, 1.82) is 0 Å². The zero-order valence-electron chi connectivity index (χ0n) is 12.7. The van der Waals surface area contributed by atoms with Gasteiger partial charge in [-0.05, 0) is 18.6 Å². The Hall–Kier alpha value is -3.16. The maximum absolute atomic E-state index is 11.8. The Kier molecular flexibility index (Phi) is 3.80. The minimum atomic E-state index is -0.282. The number of nitrogens with one attached hydrogen (secondary N) is 2. The Labute approximate surface area is 131 Å². The van der Waals surface area contributed by atoms with Gasteiger partial charge in [0, 0.05) is 24.8 Å². The number of rotatable bonds is 4. The maximum Gasteiger partial charge on any atom is 0.252 e. The standard InChI is InChI=1S/C15H15N5O3/c1-3-10-7-14(22)18-15(17-10)20-13(16-9(2)21)8-11(19-20)12-5-4-6-23-12/h4-8H,3H2,1-2H3,(H,16,21)(H,17,18,22). The van der Waals surface area contributed by atoms with Crippen LogP contribution in [0.25, 0.3) is 17.4 Å². The lowest BCUT2D eigenvalue weighted by Gasteiger charge is -2.07. The number of carbonyl (C=O) groups is 1. The maximum atomic E-state index is 11.8. The summed E-state index contributed by atoms with van der Waals surface area (Å²) in [5, 5.41) is 7.04. The molecule has 0 unspecified atom stereocenters. The number of amides is 1. The van der Waals surface area contributed by atoms with Crippen molar-refractivity contribution in [2.75, 3.05) is 5.32 Å². The molecule has 8 heteroatoms. The highest BCUT2D eigenvalue weighted by Gasteiger charge is 2.15. The molecule has 0 aliphatic heterocycles. The lowest BCUT2D eigenvalue weighted by Crippen LogP contribution is -2.17. The summed E-state index contributed by atoms with van der Waals surface area (Å²) in [5.41, 5.74) is 0.867. The number of carbonyl (C=O) groups excluding carboxylic acids is 1. The van der Waals surface area contributed by atoms with E-state index in [0.29, 0.717) is 29.4 Å². The summed E-state index contributed by atoms with van der Waals surface area (Å²) < 4.78 is 6.69. The van der Waals surface area contributed by atoms with Gasteiger partial charge in [0.25, 0.3) is 5.56 Å². The van der Waals surface area contributed by atoms with Crippen LogP contribution in [0.2, 0.25) is 0 Å². The molecule has 0 aromatic carbocycles. The number of aryl methyl sites for hydroxylation is 1. The largest absolute Gasteiger partial charge is 0.463 e. The highest BCUT2D eigenvalue weighted by molar-refractivity contribution is 5.88. The fourth-order valence-electron chi connectivity index (χ4n) is 2.13. The molecule has 0 saturated heterocycles. The van der Waals surface area contributed by atoms with Crippen molar-refractivity contribution in [1.82, 2.24) is 19.7 Å². The van der Waals surface area contributed by atoms with Crippen LogP contribution < -0.4 is 10.9 Å². The van der Waals surface area contributed by atoms with E-state index in [0.717, 1.165) is 0 Å². The van der Waals surface area contributed by atoms with Gasteiger partial charge in [-0.15, -0.1) is 0 Å². The van der Waals surface area contributed by atoms with Gasteiger partial charge in [0.15, 0.2) is 5.76 Å². The number of nitrogens with zero attached hydrogens (tertiary/aromatic N) is 3. The van der Waals surface area contributed by atoms with Gasteiger partial charge in [0.05, 0.1) is 6.26 Å². The molecule has 0 saturated carbocycles. The van der Waals surface area contributed by atoms with E-state index >= 15 is 0 Å². The molecule has 8 nitrogen and oxygen atoms in total. The number of furan rings is 1. The predicted molar refractivity (Wildman–Crippen MR) is 83.4 cm³/mol. The van der Waals surface area contributed by atoms with Crippen molar-refractivity contribution < 1.29 is 9.21 Å². The number of aromatic nitrogens is 4. The van der Waals surface area contributed by atoms with Crippen molar-refractivity contribution >= 4 is 11.7 Å². The first-order valence-corrected chi connectivity index (χ1v) is 7.09. The van der Waals surface area contributed by atoms with Crippen LogP contribution in [0.1, 0.15) is 19.5 Å². The molecule has 0 spiro atoms. The van der Waals surface area contributed by atoms with Crippen molar-refractivity contribution in [2.45, 2.75) is 20.3 Å². The van der Waals surface area contributed by atoms with Crippen LogP contribution in [0, 0.1) is 0 Å². The smallest absolute Gasteiger partial charge is 0.252 e. The third kappa shape index (κ3) is 3.05. The molecular formula is C15H15N5O3. The van der Waals surface area contributed by atoms with Crippen molar-refractivity contribution in [2.24, 2.45) is 0 Å². The second-order valence-electron chi connectivity index (χ2n) is 4.90. The normalized spacial score (nSPS) is 10.7. The lowest BCUT2D eigenvalue weighted by molar-refractivity contribution is -0.114. The average molecular weight is 313 g/mol. The average Bonchev–Trinajstić information content (AvgIpc) is 3.15. The van der Waals surface area contributed by atoms with Crippen molar-refractivity contribution in [3.8, 4) is 17.4 Å². The van der Waals surface area contributed by atoms with Crippen LogP contribution in [0.4, 0.5) is 5.82 Å². The Morgan fingerprint density at radius 3 is 2.91 bits per heavy atom. The minimum Gasteiger partial charge on any atom is -0.463 e. The van der Waals surface area contributed by atoms with Gasteiger partial charge < -0.3 is 9.73 Å². The summed E-state index contributed by atoms with van der Waals surface area (Å²) in [6.45, 7) is 3.29. The molecule has 3 aromatic heterocycles. The molecule has 3 heterocycles. The first-order valence-electron chi connectivity index (χ1n) is 7.09. The molecular weight excluding hydrogens is 298 g/mol. The van der Waals surface area contributed by atoms with Gasteiger partial charge in [0.2, 0.25) is 11.9 Å². The van der Waals surface area contributed by atoms with Gasteiger partial charge in [-0.3, -0.25) is 14.6 Å². The quantitative estimate of drug-likeness (QED) is 0.763. The first-order chi connectivity index (χ1) is 11.1. The van der Waals surface area contributed by atoms with Gasteiger partial charge in [0.1, 0.15) is 11.5 Å². The monoisotopic (exact) mass is 313 g/mol. The van der Waals surface area contributed by atoms with Crippen LogP contribution >= 0.6 is 0 Å². The van der Waals surface area contributed by atoms with Gasteiger partial charge in [-0.1, -0.05) is 6.92 Å². The summed E-state index contributed by atoms with van der Waals surface area (Å²) in [6.07, 6.45) is 2.14. The fourth-order valence-corrected chi connectivity index (χ4v) is 2.13. The molecule has 0 radical (unpaired) electrons. The Bertz CT molecular complexity index is 892. The molecule has 1 amide bonds. The summed E-state index contributed by atoms with van der Waals surface area (Å²) in [7, 11) is 0. The highest BCUT2D eigenvalue weighted by atomic mass is 16.3. The number of hydrogen-bond donors (Lipinski definition) is 2.